The van der Waals surface area contributed by atoms with E-state index in [1.807, 2.05) is 42.1 Å². The predicted molar refractivity (Wildman–Crippen MR) is 72.5 cm³/mol. The topological polar surface area (TPSA) is 65.1 Å². The van der Waals surface area contributed by atoms with Crippen LogP contribution in [0, 0.1) is 0 Å². The Kier molecular flexibility index (Phi) is 3.23. The van der Waals surface area contributed by atoms with Gasteiger partial charge in [0.2, 0.25) is 0 Å². The van der Waals surface area contributed by atoms with E-state index in [1.54, 1.807) is 6.20 Å². The van der Waals surface area contributed by atoms with Crippen molar-refractivity contribution < 1.29 is 4.74 Å². The fourth-order valence-corrected chi connectivity index (χ4v) is 2.12. The predicted octanol–water partition coefficient (Wildman–Crippen LogP) is 1.51. The third-order valence-electron chi connectivity index (χ3n) is 3.30. The first-order valence-electron chi connectivity index (χ1n) is 6.48. The number of hydrogen-bond donors (Lipinski definition) is 2. The Bertz CT molecular complexity index is 562. The standard InChI is InChI=1S/C14H18N4O/c1-18-8-7-16-14(18)13(17-15)10-3-2-4-12(9-10)19-11-5-6-11/h2-4,7-9,11,13,17H,5-6,15H2,1H3. The van der Waals surface area contributed by atoms with E-state index in [0.29, 0.717) is 6.10 Å². The van der Waals surface area contributed by atoms with E-state index in [9.17, 15) is 0 Å². The molecule has 2 aromatic rings. The highest BCUT2D eigenvalue weighted by atomic mass is 16.5. The zero-order valence-electron chi connectivity index (χ0n) is 10.9. The molecule has 1 fully saturated rings. The van der Waals surface area contributed by atoms with Crippen LogP contribution >= 0.6 is 0 Å². The molecular weight excluding hydrogens is 240 g/mol. The van der Waals surface area contributed by atoms with Crippen LogP contribution in [0.15, 0.2) is 36.7 Å². The molecule has 100 valence electrons. The molecule has 0 aliphatic heterocycles. The summed E-state index contributed by atoms with van der Waals surface area (Å²) in [6, 6.07) is 7.88. The zero-order valence-corrected chi connectivity index (χ0v) is 10.9. The second-order valence-corrected chi connectivity index (χ2v) is 4.89. The van der Waals surface area contributed by atoms with Crippen molar-refractivity contribution in [2.45, 2.75) is 25.0 Å². The number of hydrogen-bond acceptors (Lipinski definition) is 4. The summed E-state index contributed by atoms with van der Waals surface area (Å²) < 4.78 is 7.77. The van der Waals surface area contributed by atoms with Crippen LogP contribution in [0.25, 0.3) is 0 Å². The van der Waals surface area contributed by atoms with Crippen LogP contribution < -0.4 is 16.0 Å². The van der Waals surface area contributed by atoms with Crippen molar-refractivity contribution in [2.24, 2.45) is 12.9 Å². The molecule has 3 rings (SSSR count). The molecule has 0 bridgehead atoms. The number of aromatic nitrogens is 2. The SMILES string of the molecule is Cn1ccnc1C(NN)c1cccc(OC2CC2)c1. The first-order chi connectivity index (χ1) is 9.28. The van der Waals surface area contributed by atoms with Gasteiger partial charge in [-0.15, -0.1) is 0 Å². The highest BCUT2D eigenvalue weighted by molar-refractivity contribution is 5.33. The van der Waals surface area contributed by atoms with Gasteiger partial charge in [-0.2, -0.15) is 0 Å². The summed E-state index contributed by atoms with van der Waals surface area (Å²) in [4.78, 5) is 4.35. The van der Waals surface area contributed by atoms with E-state index in [4.69, 9.17) is 10.6 Å². The van der Waals surface area contributed by atoms with Crippen LogP contribution in [0.2, 0.25) is 0 Å². The number of benzene rings is 1. The number of aryl methyl sites for hydroxylation is 1. The molecule has 5 nitrogen and oxygen atoms in total. The molecule has 3 N–H and O–H groups in total. The average Bonchev–Trinajstić information content (AvgIpc) is 3.13. The largest absolute Gasteiger partial charge is 0.490 e. The fourth-order valence-electron chi connectivity index (χ4n) is 2.12. The maximum absolute atomic E-state index is 5.81. The van der Waals surface area contributed by atoms with Gasteiger partial charge in [-0.25, -0.2) is 10.4 Å². The number of hydrazine groups is 1. The summed E-state index contributed by atoms with van der Waals surface area (Å²) in [6.45, 7) is 0. The number of nitrogens with two attached hydrogens (primary N) is 1. The Morgan fingerprint density at radius 3 is 2.95 bits per heavy atom. The molecule has 1 unspecified atom stereocenters. The number of ether oxygens (including phenoxy) is 1. The fraction of sp³-hybridized carbons (Fsp3) is 0.357. The van der Waals surface area contributed by atoms with Crippen molar-refractivity contribution in [3.8, 4) is 5.75 Å². The first-order valence-corrected chi connectivity index (χ1v) is 6.48. The van der Waals surface area contributed by atoms with Gasteiger partial charge in [0.1, 0.15) is 17.6 Å². The lowest BCUT2D eigenvalue weighted by molar-refractivity contribution is 0.302. The van der Waals surface area contributed by atoms with Crippen LogP contribution in [-0.2, 0) is 7.05 Å². The molecule has 1 aromatic heterocycles. The van der Waals surface area contributed by atoms with Gasteiger partial charge in [0.25, 0.3) is 0 Å². The minimum absolute atomic E-state index is 0.136. The number of rotatable bonds is 5. The minimum Gasteiger partial charge on any atom is -0.490 e. The van der Waals surface area contributed by atoms with E-state index >= 15 is 0 Å². The van der Waals surface area contributed by atoms with Crippen molar-refractivity contribution in [1.29, 1.82) is 0 Å². The molecule has 1 saturated carbocycles. The molecule has 0 saturated heterocycles. The molecular formula is C14H18N4O. The maximum atomic E-state index is 5.81. The van der Waals surface area contributed by atoms with Crippen molar-refractivity contribution in [2.75, 3.05) is 0 Å². The Balaban J connectivity index is 1.88. The third-order valence-corrected chi connectivity index (χ3v) is 3.30. The van der Waals surface area contributed by atoms with Crippen LogP contribution in [0.3, 0.4) is 0 Å². The van der Waals surface area contributed by atoms with Gasteiger partial charge in [-0.05, 0) is 30.5 Å². The van der Waals surface area contributed by atoms with Crippen LogP contribution in [-0.4, -0.2) is 15.7 Å². The van der Waals surface area contributed by atoms with Gasteiger partial charge in [-0.1, -0.05) is 12.1 Å². The van der Waals surface area contributed by atoms with Gasteiger partial charge in [0.15, 0.2) is 0 Å². The Morgan fingerprint density at radius 1 is 1.47 bits per heavy atom. The van der Waals surface area contributed by atoms with Gasteiger partial charge in [0, 0.05) is 19.4 Å². The Hall–Kier alpha value is -1.85. The smallest absolute Gasteiger partial charge is 0.131 e. The van der Waals surface area contributed by atoms with E-state index in [1.165, 1.54) is 0 Å². The van der Waals surface area contributed by atoms with Crippen LogP contribution in [0.5, 0.6) is 5.75 Å². The van der Waals surface area contributed by atoms with Crippen molar-refractivity contribution in [3.05, 3.63) is 48.0 Å². The highest BCUT2D eigenvalue weighted by Gasteiger charge is 2.24. The van der Waals surface area contributed by atoms with Crippen molar-refractivity contribution >= 4 is 0 Å². The molecule has 0 radical (unpaired) electrons. The molecule has 1 atom stereocenters. The second-order valence-electron chi connectivity index (χ2n) is 4.89. The lowest BCUT2D eigenvalue weighted by Gasteiger charge is -2.17. The maximum Gasteiger partial charge on any atom is 0.131 e. The number of imidazole rings is 1. The van der Waals surface area contributed by atoms with Crippen LogP contribution in [0.1, 0.15) is 30.3 Å². The van der Waals surface area contributed by atoms with Gasteiger partial charge in [0.05, 0.1) is 6.10 Å². The molecule has 1 aliphatic rings. The highest BCUT2D eigenvalue weighted by Crippen LogP contribution is 2.29. The van der Waals surface area contributed by atoms with E-state index < -0.39 is 0 Å². The van der Waals surface area contributed by atoms with E-state index in [-0.39, 0.29) is 6.04 Å². The molecule has 19 heavy (non-hydrogen) atoms. The molecule has 0 spiro atoms. The minimum atomic E-state index is -0.136. The quantitative estimate of drug-likeness (QED) is 0.630. The number of nitrogens with zero attached hydrogens (tertiary/aromatic N) is 2. The summed E-state index contributed by atoms with van der Waals surface area (Å²) >= 11 is 0. The van der Waals surface area contributed by atoms with E-state index in [0.717, 1.165) is 30.0 Å². The molecule has 0 amide bonds. The lowest BCUT2D eigenvalue weighted by atomic mass is 10.1. The molecule has 1 aliphatic carbocycles. The normalized spacial score (nSPS) is 16.3. The monoisotopic (exact) mass is 258 g/mol. The molecule has 5 heteroatoms. The second kappa shape index (κ2) is 5.03. The summed E-state index contributed by atoms with van der Waals surface area (Å²) in [5.41, 5.74) is 3.87. The Labute approximate surface area is 112 Å². The van der Waals surface area contributed by atoms with E-state index in [2.05, 4.69) is 10.4 Å². The van der Waals surface area contributed by atoms with Gasteiger partial charge in [-0.3, -0.25) is 5.84 Å². The summed E-state index contributed by atoms with van der Waals surface area (Å²) in [6.07, 6.45) is 6.38. The zero-order chi connectivity index (χ0) is 13.2. The summed E-state index contributed by atoms with van der Waals surface area (Å²) in [5.74, 6) is 7.46. The number of nitrogens with one attached hydrogen (secondary N) is 1. The van der Waals surface area contributed by atoms with Gasteiger partial charge >= 0.3 is 0 Å². The third kappa shape index (κ3) is 2.62. The van der Waals surface area contributed by atoms with Crippen LogP contribution in [0.4, 0.5) is 0 Å². The Morgan fingerprint density at radius 2 is 2.32 bits per heavy atom. The molecule has 1 aromatic carbocycles. The summed E-state index contributed by atoms with van der Waals surface area (Å²) in [7, 11) is 1.96. The first kappa shape index (κ1) is 12.2. The average molecular weight is 258 g/mol. The van der Waals surface area contributed by atoms with Crippen molar-refractivity contribution in [3.63, 3.8) is 0 Å². The lowest BCUT2D eigenvalue weighted by Crippen LogP contribution is -2.30. The van der Waals surface area contributed by atoms with Crippen molar-refractivity contribution in [1.82, 2.24) is 15.0 Å². The molecule has 1 heterocycles. The van der Waals surface area contributed by atoms with Gasteiger partial charge < -0.3 is 9.30 Å². The summed E-state index contributed by atoms with van der Waals surface area (Å²) in [5, 5.41) is 0.